The lowest BCUT2D eigenvalue weighted by Gasteiger charge is -2.13. The van der Waals surface area contributed by atoms with Gasteiger partial charge in [0.25, 0.3) is 0 Å². The second-order valence-corrected chi connectivity index (χ2v) is 10.7. The van der Waals surface area contributed by atoms with E-state index in [9.17, 15) is 4.79 Å². The summed E-state index contributed by atoms with van der Waals surface area (Å²) in [6.45, 7) is 3.92. The van der Waals surface area contributed by atoms with E-state index < -0.39 is 0 Å². The van der Waals surface area contributed by atoms with E-state index in [2.05, 4.69) is 20.9 Å². The summed E-state index contributed by atoms with van der Waals surface area (Å²) in [7, 11) is 1.63. The maximum Gasteiger partial charge on any atom is 0.239 e. The summed E-state index contributed by atoms with van der Waals surface area (Å²) in [6, 6.07) is 23.5. The lowest BCUT2D eigenvalue weighted by molar-refractivity contribution is -0.115. The van der Waals surface area contributed by atoms with Crippen molar-refractivity contribution in [3.05, 3.63) is 83.7 Å². The Hall–Kier alpha value is -3.40. The molecule has 0 spiro atoms. The molecule has 3 N–H and O–H groups in total. The molecule has 4 rings (SSSR count). The van der Waals surface area contributed by atoms with E-state index >= 15 is 0 Å². The zero-order valence-corrected chi connectivity index (χ0v) is 22.5. The maximum absolute atomic E-state index is 12.8. The summed E-state index contributed by atoms with van der Waals surface area (Å²) >= 11 is 8.31. The number of aromatic nitrogens is 1. The average Bonchev–Trinajstić information content (AvgIpc) is 3.34. The van der Waals surface area contributed by atoms with E-state index in [0.717, 1.165) is 33.3 Å². The quantitative estimate of drug-likeness (QED) is 0.165. The number of ether oxygens (including phenoxy) is 1. The van der Waals surface area contributed by atoms with E-state index in [4.69, 9.17) is 17.0 Å². The van der Waals surface area contributed by atoms with Gasteiger partial charge in [-0.1, -0.05) is 35.9 Å². The molecule has 1 heterocycles. The van der Waals surface area contributed by atoms with Crippen molar-refractivity contribution in [1.82, 2.24) is 4.98 Å². The van der Waals surface area contributed by atoms with Crippen molar-refractivity contribution in [1.29, 1.82) is 0 Å². The smallest absolute Gasteiger partial charge is 0.239 e. The van der Waals surface area contributed by atoms with Gasteiger partial charge < -0.3 is 20.7 Å². The van der Waals surface area contributed by atoms with Gasteiger partial charge in [-0.25, -0.2) is 4.98 Å². The molecule has 1 atom stereocenters. The number of thioether (sulfide) groups is 1. The molecule has 1 aromatic heterocycles. The predicted octanol–water partition coefficient (Wildman–Crippen LogP) is 7.06. The van der Waals surface area contributed by atoms with Crippen LogP contribution in [0.5, 0.6) is 5.75 Å². The third kappa shape index (κ3) is 7.07. The van der Waals surface area contributed by atoms with Crippen LogP contribution in [0.4, 0.5) is 16.5 Å². The van der Waals surface area contributed by atoms with E-state index in [-0.39, 0.29) is 11.2 Å². The number of thiocarbonyl (C=S) groups is 1. The molecule has 0 aliphatic carbocycles. The molecule has 0 saturated carbocycles. The van der Waals surface area contributed by atoms with Crippen LogP contribution in [0.25, 0.3) is 11.3 Å². The third-order valence-corrected chi connectivity index (χ3v) is 7.24. The lowest BCUT2D eigenvalue weighted by Crippen LogP contribution is -2.22. The molecule has 36 heavy (non-hydrogen) atoms. The van der Waals surface area contributed by atoms with E-state index in [1.807, 2.05) is 92.0 Å². The Balaban J connectivity index is 1.32. The topological polar surface area (TPSA) is 75.3 Å². The summed E-state index contributed by atoms with van der Waals surface area (Å²) in [5.74, 6) is 0.654. The van der Waals surface area contributed by atoms with Gasteiger partial charge in [-0.2, -0.15) is 0 Å². The van der Waals surface area contributed by atoms with Crippen LogP contribution in [0.15, 0.2) is 83.1 Å². The monoisotopic (exact) mass is 534 g/mol. The summed E-state index contributed by atoms with van der Waals surface area (Å²) in [5.41, 5.74) is 4.69. The SMILES string of the molecule is COc1cccc(-c2csc(NC(=O)C(C)Sc3cccc(NC(=S)Nc4ccc(C)cc4)c3)n2)c1. The molecule has 9 heteroatoms. The van der Waals surface area contributed by atoms with Crippen LogP contribution in [0.1, 0.15) is 12.5 Å². The largest absolute Gasteiger partial charge is 0.497 e. The molecule has 6 nitrogen and oxygen atoms in total. The molecule has 0 bridgehead atoms. The second kappa shape index (κ2) is 12.0. The molecule has 0 fully saturated rings. The minimum absolute atomic E-state index is 0.110. The Morgan fingerprint density at radius 1 is 1.00 bits per heavy atom. The maximum atomic E-state index is 12.8. The molecule has 0 aliphatic heterocycles. The number of nitrogens with zero attached hydrogens (tertiary/aromatic N) is 1. The highest BCUT2D eigenvalue weighted by Crippen LogP contribution is 2.30. The first-order valence-electron chi connectivity index (χ1n) is 11.2. The van der Waals surface area contributed by atoms with E-state index in [1.165, 1.54) is 28.7 Å². The first-order chi connectivity index (χ1) is 17.4. The summed E-state index contributed by atoms with van der Waals surface area (Å²) in [6.07, 6.45) is 0. The van der Waals surface area contributed by atoms with Gasteiger partial charge in [0.2, 0.25) is 5.91 Å². The number of methoxy groups -OCH3 is 1. The minimum atomic E-state index is -0.318. The summed E-state index contributed by atoms with van der Waals surface area (Å²) in [4.78, 5) is 18.3. The number of amides is 1. The van der Waals surface area contributed by atoms with Crippen molar-refractivity contribution in [2.75, 3.05) is 23.1 Å². The minimum Gasteiger partial charge on any atom is -0.497 e. The number of hydrogen-bond donors (Lipinski definition) is 3. The summed E-state index contributed by atoms with van der Waals surface area (Å²) in [5, 5.41) is 12.0. The van der Waals surface area contributed by atoms with Gasteiger partial charge in [0, 0.05) is 27.2 Å². The molecule has 0 aliphatic rings. The van der Waals surface area contributed by atoms with Crippen molar-refractivity contribution in [3.8, 4) is 17.0 Å². The normalized spacial score (nSPS) is 11.4. The predicted molar refractivity (Wildman–Crippen MR) is 156 cm³/mol. The highest BCUT2D eigenvalue weighted by molar-refractivity contribution is 8.00. The molecule has 184 valence electrons. The van der Waals surface area contributed by atoms with Gasteiger partial charge in [-0.05, 0) is 68.5 Å². The Labute approximate surface area is 224 Å². The molecule has 4 aromatic rings. The molecule has 3 aromatic carbocycles. The Bertz CT molecular complexity index is 1360. The standard InChI is InChI=1S/C27H26N4O2S3/c1-17-10-12-20(13-11-17)28-26(34)29-21-7-5-9-23(15-21)36-18(2)25(32)31-27-30-24(16-35-27)19-6-4-8-22(14-19)33-3/h4-16,18H,1-3H3,(H2,28,29,34)(H,30,31,32). The Kier molecular flexibility index (Phi) is 8.58. The highest BCUT2D eigenvalue weighted by Gasteiger charge is 2.17. The van der Waals surface area contributed by atoms with Crippen molar-refractivity contribution in [2.24, 2.45) is 0 Å². The molecule has 0 saturated heterocycles. The summed E-state index contributed by atoms with van der Waals surface area (Å²) < 4.78 is 5.28. The van der Waals surface area contributed by atoms with Crippen molar-refractivity contribution in [3.63, 3.8) is 0 Å². The Morgan fingerprint density at radius 3 is 2.53 bits per heavy atom. The number of aryl methyl sites for hydroxylation is 1. The number of hydrogen-bond acceptors (Lipinski definition) is 6. The second-order valence-electron chi connectivity index (χ2n) is 7.99. The number of benzene rings is 3. The number of carbonyl (C=O) groups excluding carboxylic acids is 1. The van der Waals surface area contributed by atoms with Gasteiger partial charge in [0.15, 0.2) is 10.2 Å². The van der Waals surface area contributed by atoms with E-state index in [0.29, 0.717) is 10.2 Å². The molecule has 0 radical (unpaired) electrons. The van der Waals surface area contributed by atoms with Gasteiger partial charge in [0.05, 0.1) is 18.1 Å². The van der Waals surface area contributed by atoms with Crippen LogP contribution < -0.4 is 20.7 Å². The van der Waals surface area contributed by atoms with Crippen LogP contribution >= 0.6 is 35.3 Å². The van der Waals surface area contributed by atoms with Gasteiger partial charge in [-0.3, -0.25) is 4.79 Å². The fraction of sp³-hybridized carbons (Fsp3) is 0.148. The van der Waals surface area contributed by atoms with Gasteiger partial charge in [0.1, 0.15) is 5.75 Å². The molecule has 1 amide bonds. The van der Waals surface area contributed by atoms with Crippen molar-refractivity contribution < 1.29 is 9.53 Å². The first kappa shape index (κ1) is 25.7. The highest BCUT2D eigenvalue weighted by atomic mass is 32.2. The number of thiazole rings is 1. The van der Waals surface area contributed by atoms with Crippen LogP contribution in [0, 0.1) is 6.92 Å². The van der Waals surface area contributed by atoms with Crippen LogP contribution in [-0.2, 0) is 4.79 Å². The first-order valence-corrected chi connectivity index (χ1v) is 13.4. The molecule has 1 unspecified atom stereocenters. The average molecular weight is 535 g/mol. The third-order valence-electron chi connectivity index (χ3n) is 5.18. The molecular formula is C27H26N4O2S3. The van der Waals surface area contributed by atoms with Crippen LogP contribution in [-0.4, -0.2) is 28.4 Å². The van der Waals surface area contributed by atoms with Crippen molar-refractivity contribution in [2.45, 2.75) is 24.0 Å². The van der Waals surface area contributed by atoms with E-state index in [1.54, 1.807) is 7.11 Å². The lowest BCUT2D eigenvalue weighted by atomic mass is 10.2. The zero-order valence-electron chi connectivity index (χ0n) is 20.1. The number of nitrogens with one attached hydrogen (secondary N) is 3. The number of rotatable bonds is 8. The van der Waals surface area contributed by atoms with Crippen LogP contribution in [0.2, 0.25) is 0 Å². The fourth-order valence-electron chi connectivity index (χ4n) is 3.29. The van der Waals surface area contributed by atoms with Crippen molar-refractivity contribution >= 4 is 62.8 Å². The Morgan fingerprint density at radius 2 is 1.75 bits per heavy atom. The number of carbonyl (C=O) groups is 1. The van der Waals surface area contributed by atoms with Gasteiger partial charge in [-0.15, -0.1) is 23.1 Å². The fourth-order valence-corrected chi connectivity index (χ4v) is 5.17. The zero-order chi connectivity index (χ0) is 25.5. The molecular weight excluding hydrogens is 509 g/mol. The van der Waals surface area contributed by atoms with Gasteiger partial charge >= 0.3 is 0 Å². The van der Waals surface area contributed by atoms with Crippen LogP contribution in [0.3, 0.4) is 0 Å². The number of anilines is 3.